The molecule has 8 nitrogen and oxygen atoms in total. The molecular weight excluding hydrogens is 420 g/mol. The van der Waals surface area contributed by atoms with E-state index >= 15 is 0 Å². The number of nitrogens with one attached hydrogen (secondary N) is 1. The molecule has 1 fully saturated rings. The van der Waals surface area contributed by atoms with Crippen LogP contribution in [0.2, 0.25) is 0 Å². The third-order valence-electron chi connectivity index (χ3n) is 6.65. The van der Waals surface area contributed by atoms with Crippen LogP contribution in [0, 0.1) is 0 Å². The van der Waals surface area contributed by atoms with Crippen LogP contribution in [0.4, 0.5) is 0 Å². The normalized spacial score (nSPS) is 16.8. The number of furan rings is 1. The summed E-state index contributed by atoms with van der Waals surface area (Å²) in [7, 11) is 1.77. The van der Waals surface area contributed by atoms with E-state index in [0.717, 1.165) is 55.3 Å². The molecule has 8 heteroatoms. The lowest BCUT2D eigenvalue weighted by Gasteiger charge is -2.30. The smallest absolute Gasteiger partial charge is 0.227 e. The van der Waals surface area contributed by atoms with Crippen molar-refractivity contribution in [3.05, 3.63) is 47.8 Å². The molecule has 33 heavy (non-hydrogen) atoms. The van der Waals surface area contributed by atoms with Crippen molar-refractivity contribution >= 4 is 22.8 Å². The average Bonchev–Trinajstić information content (AvgIpc) is 3.39. The van der Waals surface area contributed by atoms with Gasteiger partial charge in [-0.05, 0) is 31.9 Å². The minimum absolute atomic E-state index is 0.0336. The molecule has 2 aromatic heterocycles. The maximum absolute atomic E-state index is 12.8. The zero-order chi connectivity index (χ0) is 23.4. The number of rotatable bonds is 7. The molecule has 0 radical (unpaired) electrons. The van der Waals surface area contributed by atoms with E-state index in [1.807, 2.05) is 37.3 Å². The van der Waals surface area contributed by atoms with Gasteiger partial charge in [0.05, 0.1) is 6.04 Å². The second-order valence-corrected chi connectivity index (χ2v) is 9.06. The number of benzene rings is 1. The summed E-state index contributed by atoms with van der Waals surface area (Å²) < 4.78 is 11.4. The fourth-order valence-corrected chi connectivity index (χ4v) is 4.63. The number of amides is 2. The number of aromatic nitrogens is 2. The van der Waals surface area contributed by atoms with Crippen LogP contribution in [0.15, 0.2) is 39.3 Å². The Balaban J connectivity index is 1.40. The number of carbonyl (C=O) groups excluding carboxylic acids is 2. The van der Waals surface area contributed by atoms with Crippen LogP contribution in [-0.4, -0.2) is 33.9 Å². The molecule has 1 atom stereocenters. The lowest BCUT2D eigenvalue weighted by atomic mass is 9.89. The molecule has 2 amide bonds. The van der Waals surface area contributed by atoms with Gasteiger partial charge in [0.1, 0.15) is 16.9 Å². The summed E-state index contributed by atoms with van der Waals surface area (Å²) in [4.78, 5) is 31.0. The molecule has 0 bridgehead atoms. The first-order valence-electron chi connectivity index (χ1n) is 11.7. The third kappa shape index (κ3) is 5.10. The molecule has 0 aliphatic heterocycles. The van der Waals surface area contributed by atoms with Gasteiger partial charge in [0, 0.05) is 32.2 Å². The number of hydrogen-bond acceptors (Lipinski definition) is 6. The standard InChI is InChI=1S/C25H32N4O4/c1-17(21-16-19-10-6-7-11-20(19)32-21)29(3)23(31)13-12-22-26-24(28-33-22)25(27-18(2)30)14-8-4-5-9-15-25/h6-7,10-11,16-17H,4-5,8-9,12-15H2,1-3H3,(H,27,30). The molecule has 1 N–H and O–H groups in total. The Kier molecular flexibility index (Phi) is 6.81. The minimum atomic E-state index is -0.583. The highest BCUT2D eigenvalue weighted by Crippen LogP contribution is 2.34. The van der Waals surface area contributed by atoms with Crippen molar-refractivity contribution in [3.63, 3.8) is 0 Å². The largest absolute Gasteiger partial charge is 0.459 e. The average molecular weight is 453 g/mol. The van der Waals surface area contributed by atoms with E-state index in [1.54, 1.807) is 11.9 Å². The van der Waals surface area contributed by atoms with Crippen molar-refractivity contribution in [1.29, 1.82) is 0 Å². The predicted molar refractivity (Wildman–Crippen MR) is 123 cm³/mol. The highest BCUT2D eigenvalue weighted by atomic mass is 16.5. The maximum Gasteiger partial charge on any atom is 0.227 e. The molecule has 1 aromatic carbocycles. The fraction of sp³-hybridized carbons (Fsp3) is 0.520. The molecule has 4 rings (SSSR count). The van der Waals surface area contributed by atoms with Gasteiger partial charge in [0.2, 0.25) is 17.7 Å². The summed E-state index contributed by atoms with van der Waals surface area (Å²) >= 11 is 0. The molecule has 0 spiro atoms. The first kappa shape index (κ1) is 23.0. The Bertz CT molecular complexity index is 1080. The Morgan fingerprint density at radius 2 is 1.91 bits per heavy atom. The Morgan fingerprint density at radius 3 is 2.61 bits per heavy atom. The number of para-hydroxylation sites is 1. The molecule has 176 valence electrons. The van der Waals surface area contributed by atoms with Gasteiger partial charge >= 0.3 is 0 Å². The number of nitrogens with zero attached hydrogens (tertiary/aromatic N) is 3. The Morgan fingerprint density at radius 1 is 1.18 bits per heavy atom. The van der Waals surface area contributed by atoms with Gasteiger partial charge in [-0.15, -0.1) is 0 Å². The molecule has 2 heterocycles. The molecule has 1 aliphatic carbocycles. The SMILES string of the molecule is CC(=O)NC1(c2noc(CCC(=O)N(C)C(C)c3cc4ccccc4o3)n2)CCCCCC1. The summed E-state index contributed by atoms with van der Waals surface area (Å²) in [6.07, 6.45) is 6.46. The highest BCUT2D eigenvalue weighted by molar-refractivity contribution is 5.79. The lowest BCUT2D eigenvalue weighted by molar-refractivity contribution is -0.132. The molecule has 1 aliphatic rings. The van der Waals surface area contributed by atoms with Gasteiger partial charge in [0.25, 0.3) is 0 Å². The summed E-state index contributed by atoms with van der Waals surface area (Å²) in [6, 6.07) is 9.58. The van der Waals surface area contributed by atoms with E-state index in [-0.39, 0.29) is 24.3 Å². The number of hydrogen-bond donors (Lipinski definition) is 1. The first-order valence-corrected chi connectivity index (χ1v) is 11.7. The molecule has 1 saturated carbocycles. The third-order valence-corrected chi connectivity index (χ3v) is 6.65. The highest BCUT2D eigenvalue weighted by Gasteiger charge is 2.38. The summed E-state index contributed by atoms with van der Waals surface area (Å²) in [6.45, 7) is 3.47. The zero-order valence-electron chi connectivity index (χ0n) is 19.6. The van der Waals surface area contributed by atoms with Gasteiger partial charge < -0.3 is 19.2 Å². The van der Waals surface area contributed by atoms with Crippen molar-refractivity contribution in [1.82, 2.24) is 20.4 Å². The van der Waals surface area contributed by atoms with E-state index in [1.165, 1.54) is 6.92 Å². The van der Waals surface area contributed by atoms with Crippen LogP contribution in [0.5, 0.6) is 0 Å². The van der Waals surface area contributed by atoms with Gasteiger partial charge in [-0.3, -0.25) is 9.59 Å². The van der Waals surface area contributed by atoms with Gasteiger partial charge in [0.15, 0.2) is 5.82 Å². The Labute approximate surface area is 193 Å². The van der Waals surface area contributed by atoms with Crippen LogP contribution < -0.4 is 5.32 Å². The lowest BCUT2D eigenvalue weighted by Crippen LogP contribution is -2.45. The number of fused-ring (bicyclic) bond motifs is 1. The summed E-state index contributed by atoms with van der Waals surface area (Å²) in [5.74, 6) is 1.55. The monoisotopic (exact) mass is 452 g/mol. The summed E-state index contributed by atoms with van der Waals surface area (Å²) in [5.41, 5.74) is 0.228. The van der Waals surface area contributed by atoms with Crippen molar-refractivity contribution in [2.24, 2.45) is 0 Å². The number of aryl methyl sites for hydroxylation is 1. The minimum Gasteiger partial charge on any atom is -0.459 e. The second kappa shape index (κ2) is 9.77. The zero-order valence-corrected chi connectivity index (χ0v) is 19.6. The second-order valence-electron chi connectivity index (χ2n) is 9.06. The quantitative estimate of drug-likeness (QED) is 0.524. The van der Waals surface area contributed by atoms with Crippen LogP contribution in [0.3, 0.4) is 0 Å². The van der Waals surface area contributed by atoms with Crippen LogP contribution >= 0.6 is 0 Å². The molecule has 3 aromatic rings. The first-order chi connectivity index (χ1) is 15.9. The number of carbonyl (C=O) groups is 2. The maximum atomic E-state index is 12.8. The molecule has 0 saturated heterocycles. The van der Waals surface area contributed by atoms with Crippen molar-refractivity contribution < 1.29 is 18.5 Å². The molecular formula is C25H32N4O4. The van der Waals surface area contributed by atoms with E-state index in [0.29, 0.717) is 18.1 Å². The Hall–Kier alpha value is -3.16. The van der Waals surface area contributed by atoms with E-state index in [2.05, 4.69) is 15.5 Å². The van der Waals surface area contributed by atoms with Gasteiger partial charge in [-0.25, -0.2) is 0 Å². The van der Waals surface area contributed by atoms with Crippen molar-refractivity contribution in [2.45, 2.75) is 76.8 Å². The predicted octanol–water partition coefficient (Wildman–Crippen LogP) is 4.65. The summed E-state index contributed by atoms with van der Waals surface area (Å²) in [5, 5.41) is 8.30. The molecule has 1 unspecified atom stereocenters. The van der Waals surface area contributed by atoms with E-state index < -0.39 is 5.54 Å². The van der Waals surface area contributed by atoms with E-state index in [9.17, 15) is 9.59 Å². The van der Waals surface area contributed by atoms with Crippen LogP contribution in [0.1, 0.15) is 82.3 Å². The van der Waals surface area contributed by atoms with Gasteiger partial charge in [-0.1, -0.05) is 49.0 Å². The topological polar surface area (TPSA) is 101 Å². The fourth-order valence-electron chi connectivity index (χ4n) is 4.63. The van der Waals surface area contributed by atoms with Crippen molar-refractivity contribution in [2.75, 3.05) is 7.05 Å². The van der Waals surface area contributed by atoms with Crippen LogP contribution in [-0.2, 0) is 21.5 Å². The van der Waals surface area contributed by atoms with Gasteiger partial charge in [-0.2, -0.15) is 4.98 Å². The van der Waals surface area contributed by atoms with Crippen molar-refractivity contribution in [3.8, 4) is 0 Å². The van der Waals surface area contributed by atoms with Crippen LogP contribution in [0.25, 0.3) is 11.0 Å². The van der Waals surface area contributed by atoms with E-state index in [4.69, 9.17) is 8.94 Å².